The molecule has 1 unspecified atom stereocenters. The van der Waals surface area contributed by atoms with Crippen LogP contribution >= 0.6 is 15.9 Å². The minimum absolute atomic E-state index is 0.101. The van der Waals surface area contributed by atoms with Crippen LogP contribution in [0.15, 0.2) is 35.1 Å². The van der Waals surface area contributed by atoms with Crippen LogP contribution in [0.5, 0.6) is 0 Å². The zero-order valence-corrected chi connectivity index (χ0v) is 12.5. The monoisotopic (exact) mass is 321 g/mol. The van der Waals surface area contributed by atoms with Gasteiger partial charge in [-0.15, -0.1) is 0 Å². The normalized spacial score (nSPS) is 12.2. The Bertz CT molecular complexity index is 566. The first-order valence-electron chi connectivity index (χ1n) is 6.18. The number of nitrogens with zero attached hydrogens (tertiary/aromatic N) is 1. The summed E-state index contributed by atoms with van der Waals surface area (Å²) in [6.45, 7) is 4.00. The van der Waals surface area contributed by atoms with Crippen molar-refractivity contribution < 1.29 is 4.79 Å². The molecule has 0 aliphatic rings. The summed E-state index contributed by atoms with van der Waals surface area (Å²) in [5.41, 5.74) is 1.75. The van der Waals surface area contributed by atoms with Gasteiger partial charge in [0.05, 0.1) is 11.6 Å². The third kappa shape index (κ3) is 3.23. The molecule has 0 aliphatic heterocycles. The molecule has 0 aliphatic carbocycles. The summed E-state index contributed by atoms with van der Waals surface area (Å²) in [5, 5.41) is 2.98. The number of aryl methyl sites for hydroxylation is 1. The highest BCUT2D eigenvalue weighted by Gasteiger charge is 2.17. The summed E-state index contributed by atoms with van der Waals surface area (Å²) in [6, 6.07) is 5.58. The quantitative estimate of drug-likeness (QED) is 0.907. The maximum Gasteiger partial charge on any atom is 0.253 e. The van der Waals surface area contributed by atoms with Crippen LogP contribution in [0, 0.1) is 6.92 Å². The van der Waals surface area contributed by atoms with Crippen molar-refractivity contribution in [2.45, 2.75) is 26.3 Å². The van der Waals surface area contributed by atoms with Crippen LogP contribution in [0.1, 0.15) is 41.1 Å². The van der Waals surface area contributed by atoms with Gasteiger partial charge in [-0.1, -0.05) is 13.0 Å². The van der Waals surface area contributed by atoms with E-state index in [-0.39, 0.29) is 11.9 Å². The van der Waals surface area contributed by atoms with Crippen molar-refractivity contribution >= 4 is 21.8 Å². The van der Waals surface area contributed by atoms with E-state index in [9.17, 15) is 4.79 Å². The predicted octanol–water partition coefficient (Wildman–Crippen LogP) is 3.36. The minimum Gasteiger partial charge on any atom is -0.347 e. The number of imidazole rings is 1. The molecule has 0 saturated carbocycles. The number of carbonyl (C=O) groups is 1. The Hall–Kier alpha value is -1.62. The molecule has 0 radical (unpaired) electrons. The molecule has 19 heavy (non-hydrogen) atoms. The van der Waals surface area contributed by atoms with Crippen molar-refractivity contribution in [3.05, 3.63) is 52.0 Å². The van der Waals surface area contributed by atoms with Gasteiger partial charge in [0.15, 0.2) is 0 Å². The van der Waals surface area contributed by atoms with Crippen LogP contribution in [-0.4, -0.2) is 15.9 Å². The molecular formula is C14H16BrN3O. The first-order valence-corrected chi connectivity index (χ1v) is 6.97. The standard InChI is InChI=1S/C14H16BrN3O/c1-3-12(13-16-6-7-17-13)18-14(19)10-5-4-9(2)8-11(10)15/h4-8,12H,3H2,1-2H3,(H,16,17)(H,18,19). The number of hydrogen-bond donors (Lipinski definition) is 2. The average molecular weight is 322 g/mol. The molecule has 0 bridgehead atoms. The summed E-state index contributed by atoms with van der Waals surface area (Å²) in [5.74, 6) is 0.675. The van der Waals surface area contributed by atoms with Gasteiger partial charge >= 0.3 is 0 Å². The van der Waals surface area contributed by atoms with Crippen LogP contribution in [-0.2, 0) is 0 Å². The average Bonchev–Trinajstić information content (AvgIpc) is 2.89. The minimum atomic E-state index is -0.102. The van der Waals surface area contributed by atoms with Gasteiger partial charge in [0, 0.05) is 16.9 Å². The number of hydrogen-bond acceptors (Lipinski definition) is 2. The lowest BCUT2D eigenvalue weighted by atomic mass is 10.1. The highest BCUT2D eigenvalue weighted by atomic mass is 79.9. The molecule has 0 saturated heterocycles. The number of amides is 1. The molecule has 2 aromatic rings. The fraction of sp³-hybridized carbons (Fsp3) is 0.286. The van der Waals surface area contributed by atoms with E-state index in [2.05, 4.69) is 31.2 Å². The molecule has 1 aromatic heterocycles. The van der Waals surface area contributed by atoms with E-state index in [0.717, 1.165) is 22.3 Å². The Morgan fingerprint density at radius 2 is 2.32 bits per heavy atom. The van der Waals surface area contributed by atoms with Crippen molar-refractivity contribution in [1.82, 2.24) is 15.3 Å². The Labute approximate surface area is 120 Å². The summed E-state index contributed by atoms with van der Waals surface area (Å²) in [6.07, 6.45) is 4.22. The van der Waals surface area contributed by atoms with Crippen LogP contribution in [0.25, 0.3) is 0 Å². The second-order valence-electron chi connectivity index (χ2n) is 4.39. The number of aromatic amines is 1. The van der Waals surface area contributed by atoms with Gasteiger partial charge in [-0.25, -0.2) is 4.98 Å². The van der Waals surface area contributed by atoms with E-state index in [4.69, 9.17) is 0 Å². The smallest absolute Gasteiger partial charge is 0.253 e. The van der Waals surface area contributed by atoms with Gasteiger partial charge in [0.1, 0.15) is 5.82 Å². The summed E-state index contributed by atoms with van der Waals surface area (Å²) in [7, 11) is 0. The Morgan fingerprint density at radius 3 is 2.89 bits per heavy atom. The number of carbonyl (C=O) groups excluding carboxylic acids is 1. The van der Waals surface area contributed by atoms with E-state index >= 15 is 0 Å². The lowest BCUT2D eigenvalue weighted by molar-refractivity contribution is 0.0933. The number of H-pyrrole nitrogens is 1. The second kappa shape index (κ2) is 6.02. The zero-order valence-electron chi connectivity index (χ0n) is 10.9. The third-order valence-corrected chi connectivity index (χ3v) is 3.59. The first kappa shape index (κ1) is 13.8. The van der Waals surface area contributed by atoms with E-state index in [1.807, 2.05) is 32.0 Å². The largest absolute Gasteiger partial charge is 0.347 e. The molecule has 5 heteroatoms. The number of benzene rings is 1. The predicted molar refractivity (Wildman–Crippen MR) is 78.0 cm³/mol. The van der Waals surface area contributed by atoms with Gasteiger partial charge in [0.2, 0.25) is 0 Å². The molecule has 1 aromatic carbocycles. The van der Waals surface area contributed by atoms with Gasteiger partial charge in [-0.2, -0.15) is 0 Å². The summed E-state index contributed by atoms with van der Waals surface area (Å²) in [4.78, 5) is 19.5. The highest BCUT2D eigenvalue weighted by molar-refractivity contribution is 9.10. The van der Waals surface area contributed by atoms with E-state index in [1.165, 1.54) is 0 Å². The Kier molecular flexibility index (Phi) is 4.37. The SMILES string of the molecule is CCC(NC(=O)c1ccc(C)cc1Br)c1ncc[nH]1. The van der Waals surface area contributed by atoms with Crippen molar-refractivity contribution in [3.63, 3.8) is 0 Å². The van der Waals surface area contributed by atoms with Crippen molar-refractivity contribution in [2.75, 3.05) is 0 Å². The molecule has 100 valence electrons. The molecule has 1 heterocycles. The third-order valence-electron chi connectivity index (χ3n) is 2.93. The van der Waals surface area contributed by atoms with E-state index in [1.54, 1.807) is 12.4 Å². The molecule has 0 spiro atoms. The molecule has 1 atom stereocenters. The number of aromatic nitrogens is 2. The van der Waals surface area contributed by atoms with E-state index < -0.39 is 0 Å². The lowest BCUT2D eigenvalue weighted by Gasteiger charge is -2.15. The molecular weight excluding hydrogens is 306 g/mol. The summed E-state index contributed by atoms with van der Waals surface area (Å²) >= 11 is 3.42. The van der Waals surface area contributed by atoms with E-state index in [0.29, 0.717) is 5.56 Å². The van der Waals surface area contributed by atoms with Crippen LogP contribution in [0.4, 0.5) is 0 Å². The fourth-order valence-corrected chi connectivity index (χ4v) is 2.55. The summed E-state index contributed by atoms with van der Waals surface area (Å²) < 4.78 is 0.805. The van der Waals surface area contributed by atoms with Gasteiger partial charge in [-0.3, -0.25) is 4.79 Å². The number of halogens is 1. The lowest BCUT2D eigenvalue weighted by Crippen LogP contribution is -2.29. The maximum absolute atomic E-state index is 12.3. The van der Waals surface area contributed by atoms with Crippen LogP contribution < -0.4 is 5.32 Å². The van der Waals surface area contributed by atoms with Crippen molar-refractivity contribution in [2.24, 2.45) is 0 Å². The highest BCUT2D eigenvalue weighted by Crippen LogP contribution is 2.20. The van der Waals surface area contributed by atoms with Crippen LogP contribution in [0.2, 0.25) is 0 Å². The van der Waals surface area contributed by atoms with Gasteiger partial charge in [0.25, 0.3) is 5.91 Å². The van der Waals surface area contributed by atoms with Crippen molar-refractivity contribution in [1.29, 1.82) is 0 Å². The zero-order chi connectivity index (χ0) is 13.8. The van der Waals surface area contributed by atoms with Gasteiger partial charge < -0.3 is 10.3 Å². The fourth-order valence-electron chi connectivity index (χ4n) is 1.87. The molecule has 2 N–H and O–H groups in total. The second-order valence-corrected chi connectivity index (χ2v) is 5.25. The first-order chi connectivity index (χ1) is 9.11. The number of rotatable bonds is 4. The Balaban J connectivity index is 2.16. The maximum atomic E-state index is 12.3. The number of nitrogens with one attached hydrogen (secondary N) is 2. The van der Waals surface area contributed by atoms with Crippen molar-refractivity contribution in [3.8, 4) is 0 Å². The molecule has 4 nitrogen and oxygen atoms in total. The van der Waals surface area contributed by atoms with Gasteiger partial charge in [-0.05, 0) is 47.0 Å². The van der Waals surface area contributed by atoms with Crippen LogP contribution in [0.3, 0.4) is 0 Å². The topological polar surface area (TPSA) is 57.8 Å². The Morgan fingerprint density at radius 1 is 1.53 bits per heavy atom. The molecule has 0 fully saturated rings. The molecule has 1 amide bonds. The molecule has 2 rings (SSSR count).